The van der Waals surface area contributed by atoms with Crippen molar-refractivity contribution in [2.45, 2.75) is 39.7 Å². The first kappa shape index (κ1) is 16.1. The molecule has 0 bridgehead atoms. The standard InChI is InChI=1S/C13H24N2O3S/c1-4-10(5-2)7-14(6-3)13(18)15-9-19-8-11(15)12(16)17/h10-11H,4-9H2,1-3H3,(H,16,17)/t11-/m0/s1. The summed E-state index contributed by atoms with van der Waals surface area (Å²) in [6.45, 7) is 7.54. The van der Waals surface area contributed by atoms with Gasteiger partial charge in [-0.1, -0.05) is 26.7 Å². The molecule has 0 radical (unpaired) electrons. The number of carbonyl (C=O) groups excluding carboxylic acids is 1. The Kier molecular flexibility index (Phi) is 6.48. The summed E-state index contributed by atoms with van der Waals surface area (Å²) >= 11 is 1.50. The second-order valence-electron chi connectivity index (χ2n) is 4.83. The summed E-state index contributed by atoms with van der Waals surface area (Å²) < 4.78 is 0. The van der Waals surface area contributed by atoms with Crippen molar-refractivity contribution < 1.29 is 14.7 Å². The van der Waals surface area contributed by atoms with Gasteiger partial charge >= 0.3 is 12.0 Å². The van der Waals surface area contributed by atoms with Gasteiger partial charge in [-0.15, -0.1) is 11.8 Å². The molecule has 2 amide bonds. The summed E-state index contributed by atoms with van der Waals surface area (Å²) in [6.07, 6.45) is 2.08. The largest absolute Gasteiger partial charge is 0.480 e. The van der Waals surface area contributed by atoms with Crippen LogP contribution in [0.5, 0.6) is 0 Å². The molecule has 1 heterocycles. The summed E-state index contributed by atoms with van der Waals surface area (Å²) in [4.78, 5) is 26.8. The van der Waals surface area contributed by atoms with Crippen molar-refractivity contribution >= 4 is 23.8 Å². The molecular weight excluding hydrogens is 264 g/mol. The van der Waals surface area contributed by atoms with Gasteiger partial charge in [0.15, 0.2) is 0 Å². The number of hydrogen-bond donors (Lipinski definition) is 1. The SMILES string of the molecule is CCC(CC)CN(CC)C(=O)N1CSC[C@H]1C(=O)O. The van der Waals surface area contributed by atoms with Gasteiger partial charge in [0, 0.05) is 18.8 Å². The Morgan fingerprint density at radius 3 is 2.47 bits per heavy atom. The number of carboxylic acid groups (broad SMARTS) is 1. The van der Waals surface area contributed by atoms with Crippen LogP contribution in [-0.2, 0) is 4.79 Å². The Hall–Kier alpha value is -0.910. The van der Waals surface area contributed by atoms with E-state index in [1.807, 2.05) is 6.92 Å². The van der Waals surface area contributed by atoms with Crippen LogP contribution in [0.1, 0.15) is 33.6 Å². The second kappa shape index (κ2) is 7.62. The van der Waals surface area contributed by atoms with Gasteiger partial charge in [-0.05, 0) is 12.8 Å². The Balaban J connectivity index is 2.69. The maximum atomic E-state index is 12.4. The zero-order valence-electron chi connectivity index (χ0n) is 12.0. The van der Waals surface area contributed by atoms with Gasteiger partial charge in [0.2, 0.25) is 0 Å². The highest BCUT2D eigenvalue weighted by molar-refractivity contribution is 7.99. The number of rotatable bonds is 6. The molecule has 5 nitrogen and oxygen atoms in total. The number of urea groups is 1. The Morgan fingerprint density at radius 2 is 2.00 bits per heavy atom. The summed E-state index contributed by atoms with van der Waals surface area (Å²) in [5.74, 6) is 0.554. The first-order chi connectivity index (χ1) is 9.04. The summed E-state index contributed by atoms with van der Waals surface area (Å²) in [5.41, 5.74) is 0. The number of thioether (sulfide) groups is 1. The highest BCUT2D eigenvalue weighted by Gasteiger charge is 2.36. The third-order valence-electron chi connectivity index (χ3n) is 3.70. The van der Waals surface area contributed by atoms with Crippen molar-refractivity contribution in [2.24, 2.45) is 5.92 Å². The predicted octanol–water partition coefficient (Wildman–Crippen LogP) is 2.32. The van der Waals surface area contributed by atoms with Gasteiger partial charge in [0.25, 0.3) is 0 Å². The molecule has 1 atom stereocenters. The maximum absolute atomic E-state index is 12.4. The quantitative estimate of drug-likeness (QED) is 0.815. The van der Waals surface area contributed by atoms with E-state index in [-0.39, 0.29) is 6.03 Å². The third kappa shape index (κ3) is 4.03. The predicted molar refractivity (Wildman–Crippen MR) is 77.3 cm³/mol. The van der Waals surface area contributed by atoms with Crippen LogP contribution in [0.2, 0.25) is 0 Å². The normalized spacial score (nSPS) is 18.9. The average Bonchev–Trinajstić information content (AvgIpc) is 2.89. The van der Waals surface area contributed by atoms with Crippen LogP contribution in [0.3, 0.4) is 0 Å². The van der Waals surface area contributed by atoms with Crippen LogP contribution in [0.25, 0.3) is 0 Å². The molecule has 1 aliphatic rings. The number of aliphatic carboxylic acids is 1. The van der Waals surface area contributed by atoms with Crippen LogP contribution in [0.15, 0.2) is 0 Å². The first-order valence-electron chi connectivity index (χ1n) is 6.91. The zero-order chi connectivity index (χ0) is 14.4. The van der Waals surface area contributed by atoms with E-state index in [1.54, 1.807) is 4.90 Å². The van der Waals surface area contributed by atoms with Crippen molar-refractivity contribution in [3.8, 4) is 0 Å². The molecule has 1 aliphatic heterocycles. The van der Waals surface area contributed by atoms with Gasteiger partial charge in [0.1, 0.15) is 6.04 Å². The topological polar surface area (TPSA) is 60.9 Å². The molecule has 0 spiro atoms. The van der Waals surface area contributed by atoms with Crippen molar-refractivity contribution in [3.05, 3.63) is 0 Å². The third-order valence-corrected chi connectivity index (χ3v) is 4.71. The van der Waals surface area contributed by atoms with E-state index in [1.165, 1.54) is 16.7 Å². The van der Waals surface area contributed by atoms with Gasteiger partial charge in [-0.2, -0.15) is 0 Å². The van der Waals surface area contributed by atoms with Crippen LogP contribution < -0.4 is 0 Å². The molecule has 1 N–H and O–H groups in total. The lowest BCUT2D eigenvalue weighted by Gasteiger charge is -2.31. The summed E-state index contributed by atoms with van der Waals surface area (Å²) in [6, 6.07) is -0.806. The number of hydrogen-bond acceptors (Lipinski definition) is 3. The Morgan fingerprint density at radius 1 is 1.37 bits per heavy atom. The molecule has 1 fully saturated rings. The average molecular weight is 288 g/mol. The number of nitrogens with zero attached hydrogens (tertiary/aromatic N) is 2. The molecule has 0 aromatic rings. The first-order valence-corrected chi connectivity index (χ1v) is 8.06. The molecule has 0 aromatic carbocycles. The molecule has 110 valence electrons. The van der Waals surface area contributed by atoms with Crippen LogP contribution in [0.4, 0.5) is 4.79 Å². The lowest BCUT2D eigenvalue weighted by atomic mass is 10.0. The fourth-order valence-corrected chi connectivity index (χ4v) is 3.36. The lowest BCUT2D eigenvalue weighted by molar-refractivity contribution is -0.140. The molecule has 19 heavy (non-hydrogen) atoms. The molecule has 0 unspecified atom stereocenters. The molecule has 0 aliphatic carbocycles. The molecule has 1 rings (SSSR count). The fraction of sp³-hybridized carbons (Fsp3) is 0.846. The van der Waals surface area contributed by atoms with Crippen LogP contribution in [-0.4, -0.2) is 57.7 Å². The van der Waals surface area contributed by atoms with Gasteiger partial charge in [-0.25, -0.2) is 9.59 Å². The second-order valence-corrected chi connectivity index (χ2v) is 5.83. The molecule has 0 saturated carbocycles. The summed E-state index contributed by atoms with van der Waals surface area (Å²) in [5, 5.41) is 9.14. The van der Waals surface area contributed by atoms with Crippen molar-refractivity contribution in [1.29, 1.82) is 0 Å². The van der Waals surface area contributed by atoms with E-state index in [2.05, 4.69) is 13.8 Å². The van der Waals surface area contributed by atoms with E-state index < -0.39 is 12.0 Å². The number of amides is 2. The molecule has 6 heteroatoms. The highest BCUT2D eigenvalue weighted by Crippen LogP contribution is 2.23. The number of carbonyl (C=O) groups is 2. The smallest absolute Gasteiger partial charge is 0.327 e. The van der Waals surface area contributed by atoms with Crippen LogP contribution in [0, 0.1) is 5.92 Å². The monoisotopic (exact) mass is 288 g/mol. The van der Waals surface area contributed by atoms with Gasteiger partial charge < -0.3 is 14.9 Å². The Bertz CT molecular complexity index is 321. The minimum absolute atomic E-state index is 0.133. The van der Waals surface area contributed by atoms with E-state index in [4.69, 9.17) is 5.11 Å². The van der Waals surface area contributed by atoms with Gasteiger partial charge in [-0.3, -0.25) is 0 Å². The minimum atomic E-state index is -0.906. The minimum Gasteiger partial charge on any atom is -0.480 e. The fourth-order valence-electron chi connectivity index (χ4n) is 2.22. The number of carboxylic acids is 1. The highest BCUT2D eigenvalue weighted by atomic mass is 32.2. The molecule has 0 aromatic heterocycles. The van der Waals surface area contributed by atoms with Crippen molar-refractivity contribution in [3.63, 3.8) is 0 Å². The maximum Gasteiger partial charge on any atom is 0.327 e. The molecular formula is C13H24N2O3S. The van der Waals surface area contributed by atoms with Crippen molar-refractivity contribution in [1.82, 2.24) is 9.80 Å². The summed E-state index contributed by atoms with van der Waals surface area (Å²) in [7, 11) is 0. The molecule has 1 saturated heterocycles. The van der Waals surface area contributed by atoms with E-state index in [9.17, 15) is 9.59 Å². The van der Waals surface area contributed by atoms with E-state index in [0.717, 1.165) is 19.4 Å². The van der Waals surface area contributed by atoms with E-state index >= 15 is 0 Å². The zero-order valence-corrected chi connectivity index (χ0v) is 12.8. The lowest BCUT2D eigenvalue weighted by Crippen LogP contribution is -2.49. The van der Waals surface area contributed by atoms with Gasteiger partial charge in [0.05, 0.1) is 5.88 Å². The van der Waals surface area contributed by atoms with E-state index in [0.29, 0.717) is 24.1 Å². The van der Waals surface area contributed by atoms with Crippen molar-refractivity contribution in [2.75, 3.05) is 24.7 Å². The van der Waals surface area contributed by atoms with Crippen LogP contribution >= 0.6 is 11.8 Å². The Labute approximate surface area is 119 Å².